The summed E-state index contributed by atoms with van der Waals surface area (Å²) in [5.74, 6) is -2.41. The normalized spacial score (nSPS) is 11.0. The summed E-state index contributed by atoms with van der Waals surface area (Å²) in [6.07, 6.45) is 0.000438. The lowest BCUT2D eigenvalue weighted by Gasteiger charge is -2.11. The van der Waals surface area contributed by atoms with Gasteiger partial charge in [0.25, 0.3) is 0 Å². The maximum absolute atomic E-state index is 11.8. The van der Waals surface area contributed by atoms with Gasteiger partial charge in [0.05, 0.1) is 6.10 Å². The van der Waals surface area contributed by atoms with Gasteiger partial charge < -0.3 is 15.2 Å². The molecule has 0 heterocycles. The number of aliphatic carboxylic acids is 1. The number of sulfonamides is 1. The molecule has 0 aromatic heterocycles. The molecule has 0 fully saturated rings. The van der Waals surface area contributed by atoms with Crippen LogP contribution in [-0.4, -0.2) is 43.8 Å². The molecule has 0 aliphatic carbocycles. The number of ether oxygens (including phenoxy) is 1. The Balaban J connectivity index is 2.60. The van der Waals surface area contributed by atoms with E-state index in [1.54, 1.807) is 12.1 Å². The van der Waals surface area contributed by atoms with Crippen molar-refractivity contribution in [3.05, 3.63) is 24.3 Å². The van der Waals surface area contributed by atoms with Crippen LogP contribution in [0.5, 0.6) is 5.75 Å². The van der Waals surface area contributed by atoms with Crippen molar-refractivity contribution < 1.29 is 27.9 Å². The predicted octanol–water partition coefficient (Wildman–Crippen LogP) is 0.416. The van der Waals surface area contributed by atoms with Crippen molar-refractivity contribution >= 4 is 27.6 Å². The Morgan fingerprint density at radius 1 is 1.23 bits per heavy atom. The van der Waals surface area contributed by atoms with Gasteiger partial charge in [0.1, 0.15) is 18.0 Å². The van der Waals surface area contributed by atoms with Gasteiger partial charge in [-0.3, -0.25) is 14.3 Å². The number of hydrogen-bond acceptors (Lipinski definition) is 5. The fraction of sp³-hybridized carbons (Fsp3) is 0.385. The van der Waals surface area contributed by atoms with E-state index in [4.69, 9.17) is 9.84 Å². The van der Waals surface area contributed by atoms with E-state index in [1.807, 2.05) is 19.2 Å². The highest BCUT2D eigenvalue weighted by Gasteiger charge is 2.17. The number of rotatable bonds is 8. The molecule has 0 unspecified atom stereocenters. The van der Waals surface area contributed by atoms with Gasteiger partial charge in [0.2, 0.25) is 15.9 Å². The molecular weight excluding hydrogens is 312 g/mol. The Hall–Kier alpha value is -2.29. The average molecular weight is 330 g/mol. The molecule has 8 nitrogen and oxygen atoms in total. The summed E-state index contributed by atoms with van der Waals surface area (Å²) >= 11 is 0. The van der Waals surface area contributed by atoms with E-state index in [0.29, 0.717) is 5.75 Å². The van der Waals surface area contributed by atoms with Crippen LogP contribution in [0.1, 0.15) is 13.8 Å². The second-order valence-electron chi connectivity index (χ2n) is 4.72. The summed E-state index contributed by atoms with van der Waals surface area (Å²) < 4.78 is 31.2. The predicted molar refractivity (Wildman–Crippen MR) is 80.3 cm³/mol. The third kappa shape index (κ3) is 6.93. The van der Waals surface area contributed by atoms with E-state index >= 15 is 0 Å². The quantitative estimate of drug-likeness (QED) is 0.635. The van der Waals surface area contributed by atoms with Crippen molar-refractivity contribution in [1.29, 1.82) is 0 Å². The lowest BCUT2D eigenvalue weighted by molar-refractivity contribution is -0.137. The molecule has 0 radical (unpaired) electrons. The third-order valence-electron chi connectivity index (χ3n) is 2.26. The molecule has 0 spiro atoms. The van der Waals surface area contributed by atoms with E-state index in [9.17, 15) is 18.0 Å². The van der Waals surface area contributed by atoms with Crippen molar-refractivity contribution in [2.45, 2.75) is 20.0 Å². The van der Waals surface area contributed by atoms with E-state index < -0.39 is 34.2 Å². The summed E-state index contributed by atoms with van der Waals surface area (Å²) in [5.41, 5.74) is 0.280. The van der Waals surface area contributed by atoms with Crippen LogP contribution in [-0.2, 0) is 19.6 Å². The molecule has 1 aromatic carbocycles. The number of anilines is 1. The first kappa shape index (κ1) is 17.8. The van der Waals surface area contributed by atoms with Crippen molar-refractivity contribution in [3.63, 3.8) is 0 Å². The summed E-state index contributed by atoms with van der Waals surface area (Å²) in [7, 11) is -3.91. The first-order valence-electron chi connectivity index (χ1n) is 6.43. The van der Waals surface area contributed by atoms with Crippen LogP contribution in [0.4, 0.5) is 5.69 Å². The Kier molecular flexibility index (Phi) is 6.17. The van der Waals surface area contributed by atoms with Crippen molar-refractivity contribution in [2.24, 2.45) is 0 Å². The van der Waals surface area contributed by atoms with Crippen LogP contribution in [0, 0.1) is 0 Å². The number of nitrogens with one attached hydrogen (secondary N) is 2. The molecule has 122 valence electrons. The molecule has 3 N–H and O–H groups in total. The lowest BCUT2D eigenvalue weighted by Crippen LogP contribution is -2.35. The number of hydrogen-bond donors (Lipinski definition) is 3. The molecule has 0 aliphatic heterocycles. The molecule has 1 aromatic rings. The molecule has 9 heteroatoms. The van der Waals surface area contributed by atoms with Gasteiger partial charge in [-0.05, 0) is 38.1 Å². The van der Waals surface area contributed by atoms with E-state index in [0.717, 1.165) is 0 Å². The van der Waals surface area contributed by atoms with E-state index in [2.05, 4.69) is 4.72 Å². The topological polar surface area (TPSA) is 122 Å². The fourth-order valence-electron chi connectivity index (χ4n) is 1.49. The summed E-state index contributed by atoms with van der Waals surface area (Å²) in [4.78, 5) is 21.6. The van der Waals surface area contributed by atoms with Gasteiger partial charge >= 0.3 is 5.97 Å². The number of benzene rings is 1. The molecule has 0 atom stereocenters. The first-order chi connectivity index (χ1) is 10.2. The standard InChI is InChI=1S/C13H18N2O6S/c1-9(2)21-11-5-3-10(4-6-11)15-22(19,20)8-12(16)14-7-13(17)18/h3-6,9,15H,7-8H2,1-2H3,(H,14,16)(H,17,18). The Labute approximate surface area is 128 Å². The highest BCUT2D eigenvalue weighted by atomic mass is 32.2. The summed E-state index contributed by atoms with van der Waals surface area (Å²) in [5, 5.41) is 10.4. The number of carbonyl (C=O) groups excluding carboxylic acids is 1. The van der Waals surface area contributed by atoms with Crippen LogP contribution in [0.3, 0.4) is 0 Å². The van der Waals surface area contributed by atoms with Crippen molar-refractivity contribution in [3.8, 4) is 5.75 Å². The van der Waals surface area contributed by atoms with Crippen LogP contribution in [0.25, 0.3) is 0 Å². The second-order valence-corrected chi connectivity index (χ2v) is 6.44. The van der Waals surface area contributed by atoms with E-state index in [-0.39, 0.29) is 11.8 Å². The zero-order chi connectivity index (χ0) is 16.8. The van der Waals surface area contributed by atoms with Gasteiger partial charge in [-0.2, -0.15) is 0 Å². The molecule has 1 rings (SSSR count). The number of carbonyl (C=O) groups is 2. The maximum atomic E-state index is 11.8. The van der Waals surface area contributed by atoms with Crippen LogP contribution in [0.2, 0.25) is 0 Å². The van der Waals surface area contributed by atoms with Crippen LogP contribution >= 0.6 is 0 Å². The zero-order valence-corrected chi connectivity index (χ0v) is 13.0. The summed E-state index contributed by atoms with van der Waals surface area (Å²) in [6, 6.07) is 6.21. The van der Waals surface area contributed by atoms with Crippen molar-refractivity contribution in [2.75, 3.05) is 17.0 Å². The number of amides is 1. The van der Waals surface area contributed by atoms with Gasteiger partial charge in [-0.1, -0.05) is 0 Å². The van der Waals surface area contributed by atoms with Gasteiger partial charge in [-0.15, -0.1) is 0 Å². The van der Waals surface area contributed by atoms with Crippen molar-refractivity contribution in [1.82, 2.24) is 5.32 Å². The van der Waals surface area contributed by atoms with Crippen LogP contribution < -0.4 is 14.8 Å². The minimum Gasteiger partial charge on any atom is -0.491 e. The third-order valence-corrected chi connectivity index (χ3v) is 3.45. The number of carboxylic acids is 1. The molecule has 0 saturated carbocycles. The van der Waals surface area contributed by atoms with Gasteiger partial charge in [0.15, 0.2) is 0 Å². The maximum Gasteiger partial charge on any atom is 0.322 e. The molecule has 1 amide bonds. The zero-order valence-electron chi connectivity index (χ0n) is 12.2. The molecule has 22 heavy (non-hydrogen) atoms. The largest absolute Gasteiger partial charge is 0.491 e. The van der Waals surface area contributed by atoms with Gasteiger partial charge in [0, 0.05) is 5.69 Å². The minimum atomic E-state index is -3.91. The highest BCUT2D eigenvalue weighted by Crippen LogP contribution is 2.17. The SMILES string of the molecule is CC(C)Oc1ccc(NS(=O)(=O)CC(=O)NCC(=O)O)cc1. The minimum absolute atomic E-state index is 0.000438. The first-order valence-corrected chi connectivity index (χ1v) is 8.09. The molecular formula is C13H18N2O6S. The monoisotopic (exact) mass is 330 g/mol. The van der Waals surface area contributed by atoms with Crippen LogP contribution in [0.15, 0.2) is 24.3 Å². The average Bonchev–Trinajstić information content (AvgIpc) is 2.37. The molecule has 0 bridgehead atoms. The Morgan fingerprint density at radius 2 is 1.82 bits per heavy atom. The molecule has 0 saturated heterocycles. The lowest BCUT2D eigenvalue weighted by atomic mass is 10.3. The fourth-order valence-corrected chi connectivity index (χ4v) is 2.50. The van der Waals surface area contributed by atoms with Gasteiger partial charge in [-0.25, -0.2) is 8.42 Å². The molecule has 0 aliphatic rings. The van der Waals surface area contributed by atoms with E-state index in [1.165, 1.54) is 12.1 Å². The Morgan fingerprint density at radius 3 is 2.32 bits per heavy atom. The smallest absolute Gasteiger partial charge is 0.322 e. The highest BCUT2D eigenvalue weighted by molar-refractivity contribution is 7.93. The second kappa shape index (κ2) is 7.64. The summed E-state index contributed by atoms with van der Waals surface area (Å²) in [6.45, 7) is 3.11. The number of carboxylic acid groups (broad SMARTS) is 1. The Bertz CT molecular complexity index is 624.